The smallest absolute Gasteiger partial charge is 0.0682 e. The van der Waals surface area contributed by atoms with Gasteiger partial charge in [-0.2, -0.15) is 0 Å². The number of hydrogen-bond acceptors (Lipinski definition) is 0. The van der Waals surface area contributed by atoms with E-state index in [0.29, 0.717) is 9.52 Å². The van der Waals surface area contributed by atoms with E-state index in [1.807, 2.05) is 12.1 Å². The van der Waals surface area contributed by atoms with Gasteiger partial charge in [0.25, 0.3) is 0 Å². The summed E-state index contributed by atoms with van der Waals surface area (Å²) in [4.78, 5) is 0. The lowest BCUT2D eigenvalue weighted by atomic mass is 10.3. The van der Waals surface area contributed by atoms with Gasteiger partial charge < -0.3 is 0 Å². The lowest BCUT2D eigenvalue weighted by molar-refractivity contribution is 1.80. The molecule has 0 fully saturated rings. The molecule has 0 nitrogen and oxygen atoms in total. The molecule has 0 aliphatic heterocycles. The van der Waals surface area contributed by atoms with E-state index in [4.69, 9.17) is 0 Å². The summed E-state index contributed by atoms with van der Waals surface area (Å²) in [5.74, 6) is 0. The van der Waals surface area contributed by atoms with Crippen molar-refractivity contribution in [3.8, 4) is 0 Å². The predicted molar refractivity (Wildman–Crippen MR) is 68.7 cm³/mol. The second-order valence-electron chi connectivity index (χ2n) is 3.22. The third-order valence-electron chi connectivity index (χ3n) is 2.12. The molecule has 0 spiro atoms. The maximum absolute atomic E-state index is 3.62. The minimum Gasteiger partial charge on any atom is -0.0682 e. The molecule has 0 saturated carbocycles. The lowest BCUT2D eigenvalue weighted by Gasteiger charge is -2.06. The molecule has 3 heteroatoms. The molecular weight excluding hydrogens is 228 g/mol. The molecule has 2 aromatic carbocycles. The van der Waals surface area contributed by atoms with Gasteiger partial charge in [0.1, 0.15) is 9.52 Å². The van der Waals surface area contributed by atoms with E-state index >= 15 is 0 Å². The minimum atomic E-state index is 0.677. The van der Waals surface area contributed by atoms with Gasteiger partial charge in [0.05, 0.1) is 20.5 Å². The van der Waals surface area contributed by atoms with Crippen LogP contribution in [0.2, 0.25) is 0 Å². The van der Waals surface area contributed by atoms with Crippen LogP contribution in [0.5, 0.6) is 0 Å². The molecule has 15 heavy (non-hydrogen) atoms. The lowest BCUT2D eigenvalue weighted by Crippen LogP contribution is -2.43. The van der Waals surface area contributed by atoms with Gasteiger partial charge >= 0.3 is 0 Å². The Morgan fingerprint density at radius 1 is 0.667 bits per heavy atom. The molecule has 0 aliphatic carbocycles. The fourth-order valence-corrected chi connectivity index (χ4v) is 3.15. The monoisotopic (exact) mass is 236 g/mol. The van der Waals surface area contributed by atoms with Crippen LogP contribution in [0, 0.1) is 0 Å². The van der Waals surface area contributed by atoms with Crippen LogP contribution >= 0.6 is 0 Å². The van der Waals surface area contributed by atoms with Crippen LogP contribution in [0.15, 0.2) is 48.5 Å². The summed E-state index contributed by atoms with van der Waals surface area (Å²) < 4.78 is 0. The van der Waals surface area contributed by atoms with Crippen LogP contribution in [0.3, 0.4) is 0 Å². The number of rotatable bonds is 2. The zero-order valence-electron chi connectivity index (χ0n) is 8.12. The van der Waals surface area contributed by atoms with Crippen molar-refractivity contribution < 1.29 is 0 Å². The van der Waals surface area contributed by atoms with E-state index in [2.05, 4.69) is 56.9 Å². The first kappa shape index (κ1) is 10.6. The summed E-state index contributed by atoms with van der Waals surface area (Å²) in [6.07, 6.45) is 0. The highest BCUT2D eigenvalue weighted by molar-refractivity contribution is 6.74. The zero-order valence-corrected chi connectivity index (χ0v) is 11.1. The summed E-state index contributed by atoms with van der Waals surface area (Å²) >= 11 is 0. The van der Waals surface area contributed by atoms with Crippen LogP contribution in [0.25, 0.3) is 0 Å². The van der Waals surface area contributed by atoms with Gasteiger partial charge in [0.15, 0.2) is 0 Å². The molecule has 2 rings (SSSR count). The summed E-state index contributed by atoms with van der Waals surface area (Å²) in [6, 6.07) is 16.7. The average Bonchev–Trinajstić information content (AvgIpc) is 2.24. The number of hydrogen-bond donors (Lipinski definition) is 0. The SMILES string of the molecule is [Si]c1ccccc1[Si]c1ccccc1[Si]. The zero-order chi connectivity index (χ0) is 10.7. The number of benzene rings is 2. The molecule has 8 radical (unpaired) electrons. The molecule has 0 atom stereocenters. The van der Waals surface area contributed by atoms with Gasteiger partial charge in [-0.15, -0.1) is 0 Å². The van der Waals surface area contributed by atoms with Crippen LogP contribution in [0.4, 0.5) is 0 Å². The molecular formula is C12H8Si3. The van der Waals surface area contributed by atoms with E-state index in [1.54, 1.807) is 0 Å². The van der Waals surface area contributed by atoms with Gasteiger partial charge in [-0.25, -0.2) is 0 Å². The van der Waals surface area contributed by atoms with Crippen LogP contribution in [-0.4, -0.2) is 30.0 Å². The van der Waals surface area contributed by atoms with Gasteiger partial charge in [0.2, 0.25) is 0 Å². The summed E-state index contributed by atoms with van der Waals surface area (Å²) in [7, 11) is 7.92. The normalized spacial score (nSPS) is 10.3. The molecule has 0 bridgehead atoms. The highest BCUT2D eigenvalue weighted by Gasteiger charge is 2.02. The Morgan fingerprint density at radius 3 is 1.47 bits per heavy atom. The quantitative estimate of drug-likeness (QED) is 0.583. The molecule has 0 unspecified atom stereocenters. The summed E-state index contributed by atoms with van der Waals surface area (Å²) in [5, 5.41) is 5.01. The van der Waals surface area contributed by atoms with Crippen molar-refractivity contribution in [2.75, 3.05) is 0 Å². The Labute approximate surface area is 99.4 Å². The first-order valence-electron chi connectivity index (χ1n) is 4.65. The minimum absolute atomic E-state index is 0.677. The summed E-state index contributed by atoms with van der Waals surface area (Å²) in [5.41, 5.74) is 0. The second-order valence-corrected chi connectivity index (χ2v) is 5.62. The maximum Gasteiger partial charge on any atom is 0.121 e. The van der Waals surface area contributed by atoms with Crippen molar-refractivity contribution >= 4 is 50.8 Å². The van der Waals surface area contributed by atoms with E-state index in [0.717, 1.165) is 0 Å². The van der Waals surface area contributed by atoms with Gasteiger partial charge in [-0.05, 0) is 0 Å². The third kappa shape index (κ3) is 2.56. The molecule has 0 amide bonds. The van der Waals surface area contributed by atoms with Crippen molar-refractivity contribution in [1.29, 1.82) is 0 Å². The van der Waals surface area contributed by atoms with Crippen LogP contribution in [0.1, 0.15) is 0 Å². The van der Waals surface area contributed by atoms with E-state index < -0.39 is 0 Å². The molecule has 0 aliphatic rings. The highest BCUT2D eigenvalue weighted by atomic mass is 28.2. The van der Waals surface area contributed by atoms with Gasteiger partial charge in [-0.3, -0.25) is 0 Å². The predicted octanol–water partition coefficient (Wildman–Crippen LogP) is -1.07. The molecule has 0 saturated heterocycles. The highest BCUT2D eigenvalue weighted by Crippen LogP contribution is 1.81. The second kappa shape index (κ2) is 4.74. The first-order valence-corrected chi connectivity index (χ1v) is 6.65. The van der Waals surface area contributed by atoms with Crippen molar-refractivity contribution in [1.82, 2.24) is 0 Å². The Morgan fingerprint density at radius 2 is 1.07 bits per heavy atom. The van der Waals surface area contributed by atoms with Gasteiger partial charge in [0, 0.05) is 0 Å². The molecule has 68 valence electrons. The summed E-state index contributed by atoms with van der Waals surface area (Å²) in [6.45, 7) is 0. The van der Waals surface area contributed by atoms with Crippen molar-refractivity contribution in [2.24, 2.45) is 0 Å². The molecule has 2 aromatic rings. The standard InChI is InChI=1S/C12H8Si3/c13-9-5-1-3-7-11(9)15-12-8-4-2-6-10(12)14/h1-8H. The van der Waals surface area contributed by atoms with Crippen molar-refractivity contribution in [3.63, 3.8) is 0 Å². The Bertz CT molecular complexity index is 422. The Balaban J connectivity index is 2.30. The van der Waals surface area contributed by atoms with E-state index in [9.17, 15) is 0 Å². The van der Waals surface area contributed by atoms with Crippen molar-refractivity contribution in [3.05, 3.63) is 48.5 Å². The maximum atomic E-state index is 3.62. The van der Waals surface area contributed by atoms with E-state index in [-0.39, 0.29) is 0 Å². The Hall–Kier alpha value is -0.909. The fourth-order valence-electron chi connectivity index (χ4n) is 1.33. The van der Waals surface area contributed by atoms with E-state index in [1.165, 1.54) is 20.7 Å². The topological polar surface area (TPSA) is 0 Å². The first-order chi connectivity index (χ1) is 7.27. The average molecular weight is 236 g/mol. The third-order valence-corrected chi connectivity index (χ3v) is 4.91. The van der Waals surface area contributed by atoms with Gasteiger partial charge in [-0.1, -0.05) is 69.3 Å². The molecule has 0 N–H and O–H groups in total. The fraction of sp³-hybridized carbons (Fsp3) is 0. The largest absolute Gasteiger partial charge is 0.121 e. The molecule has 0 aromatic heterocycles. The Kier molecular flexibility index (Phi) is 3.35. The van der Waals surface area contributed by atoms with Crippen LogP contribution < -0.4 is 20.7 Å². The van der Waals surface area contributed by atoms with Crippen molar-refractivity contribution in [2.45, 2.75) is 0 Å². The molecule has 0 heterocycles. The van der Waals surface area contributed by atoms with Crippen LogP contribution in [-0.2, 0) is 0 Å².